The number of carbonyl (C=O) groups is 1. The lowest BCUT2D eigenvalue weighted by atomic mass is 10.3. The number of nitrogens with zero attached hydrogens (tertiary/aromatic N) is 1. The highest BCUT2D eigenvalue weighted by Gasteiger charge is 2.18. The molecule has 20 heavy (non-hydrogen) atoms. The second-order valence-corrected chi connectivity index (χ2v) is 5.91. The number of rotatable bonds is 8. The van der Waals surface area contributed by atoms with E-state index >= 15 is 0 Å². The Morgan fingerprint density at radius 1 is 1.35 bits per heavy atom. The maximum atomic E-state index is 12.1. The molecule has 0 saturated carbocycles. The zero-order valence-corrected chi connectivity index (χ0v) is 12.3. The van der Waals surface area contributed by atoms with Crippen molar-refractivity contribution in [2.75, 3.05) is 23.8 Å². The van der Waals surface area contributed by atoms with Gasteiger partial charge in [0.05, 0.1) is 5.75 Å². The third-order valence-electron chi connectivity index (χ3n) is 2.50. The number of amides is 1. The summed E-state index contributed by atoms with van der Waals surface area (Å²) in [4.78, 5) is 13.5. The highest BCUT2D eigenvalue weighted by Crippen LogP contribution is 2.13. The predicted molar refractivity (Wildman–Crippen MR) is 79.0 cm³/mol. The summed E-state index contributed by atoms with van der Waals surface area (Å²) in [5.74, 6) is -0.511. The minimum absolute atomic E-state index is 0.0902. The van der Waals surface area contributed by atoms with Crippen molar-refractivity contribution in [2.24, 2.45) is 0 Å². The fourth-order valence-electron chi connectivity index (χ4n) is 1.62. The number of benzene rings is 1. The van der Waals surface area contributed by atoms with Gasteiger partial charge in [-0.25, -0.2) is 0 Å². The first-order valence-electron chi connectivity index (χ1n) is 6.33. The molecule has 0 aliphatic rings. The number of hydrogen-bond donors (Lipinski definition) is 0. The average Bonchev–Trinajstić information content (AvgIpc) is 2.43. The van der Waals surface area contributed by atoms with Crippen LogP contribution in [0.3, 0.4) is 0 Å². The van der Waals surface area contributed by atoms with Crippen molar-refractivity contribution in [1.82, 2.24) is 0 Å². The van der Waals surface area contributed by atoms with E-state index < -0.39 is 22.6 Å². The second kappa shape index (κ2) is 7.81. The first-order chi connectivity index (χ1) is 9.50. The molecule has 0 bridgehead atoms. The molecule has 6 heteroatoms. The third-order valence-corrected chi connectivity index (χ3v) is 3.88. The lowest BCUT2D eigenvalue weighted by Gasteiger charge is -2.21. The largest absolute Gasteiger partial charge is 0.307 e. The lowest BCUT2D eigenvalue weighted by Crippen LogP contribution is -2.35. The molecule has 0 saturated heterocycles. The van der Waals surface area contributed by atoms with Gasteiger partial charge < -0.3 is 4.90 Å². The monoisotopic (exact) mass is 297 g/mol. The van der Waals surface area contributed by atoms with Crippen LogP contribution in [0, 0.1) is 0 Å². The van der Waals surface area contributed by atoms with Crippen LogP contribution in [0.5, 0.6) is 0 Å². The van der Waals surface area contributed by atoms with Gasteiger partial charge in [-0.1, -0.05) is 31.2 Å². The summed E-state index contributed by atoms with van der Waals surface area (Å²) < 4.78 is 27.6. The van der Waals surface area contributed by atoms with Crippen LogP contribution >= 0.6 is 0 Å². The van der Waals surface area contributed by atoms with Crippen molar-refractivity contribution in [1.29, 1.82) is 0 Å². The van der Waals surface area contributed by atoms with E-state index in [-0.39, 0.29) is 5.75 Å². The Hall–Kier alpha value is -1.66. The van der Waals surface area contributed by atoms with Crippen LogP contribution in [0.2, 0.25) is 0 Å². The van der Waals surface area contributed by atoms with E-state index in [1.54, 1.807) is 37.3 Å². The molecular weight excluding hydrogens is 278 g/mol. The fraction of sp³-hybridized carbons (Fsp3) is 0.357. The van der Waals surface area contributed by atoms with E-state index in [4.69, 9.17) is 4.18 Å². The Bertz CT molecular complexity index is 540. The van der Waals surface area contributed by atoms with E-state index in [9.17, 15) is 13.2 Å². The van der Waals surface area contributed by atoms with Gasteiger partial charge in [-0.3, -0.25) is 8.98 Å². The van der Waals surface area contributed by atoms with E-state index in [1.165, 1.54) is 4.90 Å². The minimum atomic E-state index is -3.63. The smallest absolute Gasteiger partial charge is 0.267 e. The Morgan fingerprint density at radius 2 is 2.00 bits per heavy atom. The molecule has 0 radical (unpaired) electrons. The van der Waals surface area contributed by atoms with E-state index in [1.807, 2.05) is 6.07 Å². The summed E-state index contributed by atoms with van der Waals surface area (Å²) >= 11 is 0. The number of hydrogen-bond acceptors (Lipinski definition) is 4. The fourth-order valence-corrected chi connectivity index (χ4v) is 2.51. The Balaban J connectivity index is 2.74. The van der Waals surface area contributed by atoms with Crippen molar-refractivity contribution in [3.63, 3.8) is 0 Å². The van der Waals surface area contributed by atoms with Crippen LogP contribution in [0.4, 0.5) is 5.69 Å². The molecule has 110 valence electrons. The van der Waals surface area contributed by atoms with Gasteiger partial charge in [-0.05, 0) is 18.6 Å². The molecule has 0 aromatic heterocycles. The summed E-state index contributed by atoms with van der Waals surface area (Å²) in [6, 6.07) is 8.97. The molecular formula is C14H19NO4S. The molecule has 1 rings (SSSR count). The van der Waals surface area contributed by atoms with Crippen LogP contribution < -0.4 is 4.90 Å². The van der Waals surface area contributed by atoms with Crippen molar-refractivity contribution >= 4 is 21.7 Å². The Morgan fingerprint density at radius 3 is 2.55 bits per heavy atom. The number of carbonyl (C=O) groups excluding carboxylic acids is 1. The van der Waals surface area contributed by atoms with Crippen molar-refractivity contribution < 1.29 is 17.4 Å². The molecule has 0 spiro atoms. The third kappa shape index (κ3) is 5.14. The first-order valence-corrected chi connectivity index (χ1v) is 7.91. The van der Waals surface area contributed by atoms with Crippen LogP contribution in [-0.2, 0) is 19.1 Å². The highest BCUT2D eigenvalue weighted by atomic mass is 32.2. The minimum Gasteiger partial charge on any atom is -0.307 e. The van der Waals surface area contributed by atoms with Gasteiger partial charge in [0, 0.05) is 12.2 Å². The standard InChI is InChI=1S/C14H19NO4S/c1-3-10-15(13-8-6-5-7-9-13)14(16)12-19-20(17,18)11-4-2/h3,5-9H,1,4,10-12H2,2H3. The van der Waals surface area contributed by atoms with Crippen LogP contribution in [-0.4, -0.2) is 33.2 Å². The van der Waals surface area contributed by atoms with Gasteiger partial charge in [0.2, 0.25) is 0 Å². The summed E-state index contributed by atoms with van der Waals surface area (Å²) in [7, 11) is -3.63. The van der Waals surface area contributed by atoms with Crippen LogP contribution in [0.1, 0.15) is 13.3 Å². The molecule has 0 N–H and O–H groups in total. The number of anilines is 1. The van der Waals surface area contributed by atoms with Crippen LogP contribution in [0.25, 0.3) is 0 Å². The van der Waals surface area contributed by atoms with Gasteiger partial charge in [0.1, 0.15) is 6.61 Å². The first kappa shape index (κ1) is 16.4. The summed E-state index contributed by atoms with van der Waals surface area (Å²) in [5, 5.41) is 0. The van der Waals surface area contributed by atoms with Gasteiger partial charge in [0.15, 0.2) is 0 Å². The predicted octanol–water partition coefficient (Wildman–Crippen LogP) is 1.96. The SMILES string of the molecule is C=CCN(C(=O)COS(=O)(=O)CCC)c1ccccc1. The maximum absolute atomic E-state index is 12.1. The second-order valence-electron chi connectivity index (χ2n) is 4.15. The van der Waals surface area contributed by atoms with Crippen molar-refractivity contribution in [3.05, 3.63) is 43.0 Å². The topological polar surface area (TPSA) is 63.7 Å². The number of para-hydroxylation sites is 1. The molecule has 0 heterocycles. The molecule has 0 unspecified atom stereocenters. The van der Waals surface area contributed by atoms with E-state index in [0.29, 0.717) is 18.7 Å². The van der Waals surface area contributed by atoms with Crippen LogP contribution in [0.15, 0.2) is 43.0 Å². The van der Waals surface area contributed by atoms with Gasteiger partial charge in [-0.15, -0.1) is 6.58 Å². The molecule has 0 atom stereocenters. The van der Waals surface area contributed by atoms with Crippen molar-refractivity contribution in [3.8, 4) is 0 Å². The van der Waals surface area contributed by atoms with Gasteiger partial charge in [-0.2, -0.15) is 8.42 Å². The molecule has 0 fully saturated rings. The summed E-state index contributed by atoms with van der Waals surface area (Å²) in [5.41, 5.74) is 0.675. The zero-order valence-electron chi connectivity index (χ0n) is 11.5. The molecule has 5 nitrogen and oxygen atoms in total. The molecule has 0 aliphatic carbocycles. The quantitative estimate of drug-likeness (QED) is 0.543. The lowest BCUT2D eigenvalue weighted by molar-refractivity contribution is -0.120. The normalized spacial score (nSPS) is 11.1. The maximum Gasteiger partial charge on any atom is 0.267 e. The summed E-state index contributed by atoms with van der Waals surface area (Å²) in [6.07, 6.45) is 2.02. The Kier molecular flexibility index (Phi) is 6.41. The molecule has 0 aliphatic heterocycles. The molecule has 1 aromatic carbocycles. The Labute approximate surface area is 120 Å². The molecule has 1 amide bonds. The van der Waals surface area contributed by atoms with Gasteiger partial charge in [0.25, 0.3) is 16.0 Å². The summed E-state index contributed by atoms with van der Waals surface area (Å²) in [6.45, 7) is 5.12. The highest BCUT2D eigenvalue weighted by molar-refractivity contribution is 7.86. The zero-order chi connectivity index (χ0) is 15.0. The average molecular weight is 297 g/mol. The van der Waals surface area contributed by atoms with Crippen molar-refractivity contribution in [2.45, 2.75) is 13.3 Å². The molecule has 1 aromatic rings. The van der Waals surface area contributed by atoms with E-state index in [0.717, 1.165) is 0 Å². The van der Waals surface area contributed by atoms with E-state index in [2.05, 4.69) is 6.58 Å². The van der Waals surface area contributed by atoms with Gasteiger partial charge >= 0.3 is 0 Å².